The van der Waals surface area contributed by atoms with Crippen LogP contribution in [0.2, 0.25) is 0 Å². The number of nitrogens with one attached hydrogen (secondary N) is 1. The molecular weight excluding hydrogens is 426 g/mol. The van der Waals surface area contributed by atoms with E-state index in [-0.39, 0.29) is 11.9 Å². The third kappa shape index (κ3) is 5.83. The first kappa shape index (κ1) is 24.0. The normalized spacial score (nSPS) is 15.0. The summed E-state index contributed by atoms with van der Waals surface area (Å²) in [5.41, 5.74) is 3.30. The Morgan fingerprint density at radius 3 is 2.53 bits per heavy atom. The molecule has 1 amide bonds. The van der Waals surface area contributed by atoms with E-state index < -0.39 is 0 Å². The van der Waals surface area contributed by atoms with Crippen molar-refractivity contribution in [3.8, 4) is 5.75 Å². The monoisotopic (exact) mass is 461 g/mol. The van der Waals surface area contributed by atoms with Crippen molar-refractivity contribution in [2.75, 3.05) is 20.2 Å². The van der Waals surface area contributed by atoms with Gasteiger partial charge in [-0.25, -0.2) is 0 Å². The third-order valence-corrected chi connectivity index (χ3v) is 6.29. The van der Waals surface area contributed by atoms with Crippen LogP contribution in [0, 0.1) is 5.92 Å². The van der Waals surface area contributed by atoms with Gasteiger partial charge in [-0.1, -0.05) is 44.2 Å². The van der Waals surface area contributed by atoms with E-state index >= 15 is 0 Å². The smallest absolute Gasteiger partial charge is 0.251 e. The van der Waals surface area contributed by atoms with Gasteiger partial charge in [0, 0.05) is 38.2 Å². The molecule has 3 aromatic rings. The lowest BCUT2D eigenvalue weighted by atomic mass is 10.0. The van der Waals surface area contributed by atoms with Crippen molar-refractivity contribution >= 4 is 5.91 Å². The highest BCUT2D eigenvalue weighted by Gasteiger charge is 2.23. The molecular formula is C27H35N5O2. The van der Waals surface area contributed by atoms with Crippen LogP contribution < -0.4 is 10.1 Å². The molecule has 0 radical (unpaired) electrons. The van der Waals surface area contributed by atoms with Crippen LogP contribution in [0.1, 0.15) is 59.9 Å². The molecule has 0 aliphatic carbocycles. The molecule has 180 valence electrons. The molecule has 1 aliphatic rings. The fraction of sp³-hybridized carbons (Fsp3) is 0.444. The molecule has 34 heavy (non-hydrogen) atoms. The molecule has 2 heterocycles. The maximum Gasteiger partial charge on any atom is 0.251 e. The van der Waals surface area contributed by atoms with Crippen LogP contribution in [-0.4, -0.2) is 45.8 Å². The predicted octanol–water partition coefficient (Wildman–Crippen LogP) is 4.03. The first-order valence-electron chi connectivity index (χ1n) is 12.1. The van der Waals surface area contributed by atoms with Gasteiger partial charge in [0.05, 0.1) is 13.2 Å². The van der Waals surface area contributed by atoms with Gasteiger partial charge in [-0.3, -0.25) is 9.69 Å². The average Bonchev–Trinajstić information content (AvgIpc) is 3.14. The van der Waals surface area contributed by atoms with Crippen LogP contribution in [0.15, 0.2) is 48.5 Å². The van der Waals surface area contributed by atoms with E-state index in [1.165, 1.54) is 11.1 Å². The number of aromatic nitrogens is 3. The molecule has 4 rings (SSSR count). The number of rotatable bonds is 8. The summed E-state index contributed by atoms with van der Waals surface area (Å²) in [6, 6.07) is 15.9. The predicted molar refractivity (Wildman–Crippen MR) is 133 cm³/mol. The quantitative estimate of drug-likeness (QED) is 0.548. The number of carbonyl (C=O) groups excluding carboxylic acids is 1. The highest BCUT2D eigenvalue weighted by molar-refractivity contribution is 5.94. The van der Waals surface area contributed by atoms with Crippen molar-refractivity contribution in [2.24, 2.45) is 5.92 Å². The standard InChI is InChI=1S/C27H35N5O2/c1-19(2)16-21-8-10-22(11-9-21)18-31-13-12-25-29-30-26(32(25)15-14-31)20(3)28-27(33)23-6-5-7-24(17-23)34-4/h5-11,17,19-20H,12-16,18H2,1-4H3,(H,28,33). The van der Waals surface area contributed by atoms with Gasteiger partial charge in [0.1, 0.15) is 11.6 Å². The Bertz CT molecular complexity index is 1110. The number of methoxy groups -OCH3 is 1. The number of benzene rings is 2. The van der Waals surface area contributed by atoms with Gasteiger partial charge in [0.2, 0.25) is 0 Å². The Balaban J connectivity index is 1.37. The second-order valence-corrected chi connectivity index (χ2v) is 9.49. The number of carbonyl (C=O) groups is 1. The fourth-order valence-corrected chi connectivity index (χ4v) is 4.49. The van der Waals surface area contributed by atoms with Gasteiger partial charge in [-0.15, -0.1) is 10.2 Å². The van der Waals surface area contributed by atoms with E-state index in [1.54, 1.807) is 19.2 Å². The molecule has 1 aromatic heterocycles. The molecule has 0 saturated carbocycles. The summed E-state index contributed by atoms with van der Waals surface area (Å²) in [5.74, 6) is 2.95. The summed E-state index contributed by atoms with van der Waals surface area (Å²) < 4.78 is 7.40. The number of nitrogens with zero attached hydrogens (tertiary/aromatic N) is 4. The number of hydrogen-bond donors (Lipinski definition) is 1. The first-order chi connectivity index (χ1) is 16.4. The minimum atomic E-state index is -0.250. The molecule has 1 unspecified atom stereocenters. The van der Waals surface area contributed by atoms with Crippen LogP contribution in [0.5, 0.6) is 5.75 Å². The van der Waals surface area contributed by atoms with E-state index in [9.17, 15) is 4.79 Å². The van der Waals surface area contributed by atoms with Crippen LogP contribution in [0.25, 0.3) is 0 Å². The van der Waals surface area contributed by atoms with E-state index in [1.807, 2.05) is 19.1 Å². The number of ether oxygens (including phenoxy) is 1. The van der Waals surface area contributed by atoms with Crippen molar-refractivity contribution in [1.29, 1.82) is 0 Å². The van der Waals surface area contributed by atoms with Crippen molar-refractivity contribution in [3.63, 3.8) is 0 Å². The van der Waals surface area contributed by atoms with Gasteiger partial charge in [-0.2, -0.15) is 0 Å². The highest BCUT2D eigenvalue weighted by Crippen LogP contribution is 2.19. The summed E-state index contributed by atoms with van der Waals surface area (Å²) in [5, 5.41) is 11.9. The van der Waals surface area contributed by atoms with Gasteiger partial charge >= 0.3 is 0 Å². The lowest BCUT2D eigenvalue weighted by molar-refractivity contribution is 0.0937. The van der Waals surface area contributed by atoms with Crippen LogP contribution in [0.4, 0.5) is 0 Å². The fourth-order valence-electron chi connectivity index (χ4n) is 4.49. The molecule has 0 saturated heterocycles. The Hall–Kier alpha value is -3.19. The summed E-state index contributed by atoms with van der Waals surface area (Å²) in [7, 11) is 1.59. The lowest BCUT2D eigenvalue weighted by Crippen LogP contribution is -2.30. The zero-order valence-corrected chi connectivity index (χ0v) is 20.6. The van der Waals surface area contributed by atoms with E-state index in [2.05, 4.69) is 63.1 Å². The Morgan fingerprint density at radius 1 is 1.03 bits per heavy atom. The van der Waals surface area contributed by atoms with Gasteiger partial charge in [-0.05, 0) is 48.6 Å². The maximum absolute atomic E-state index is 12.8. The topological polar surface area (TPSA) is 72.3 Å². The Morgan fingerprint density at radius 2 is 1.79 bits per heavy atom. The third-order valence-electron chi connectivity index (χ3n) is 6.29. The largest absolute Gasteiger partial charge is 0.497 e. The Kier molecular flexibility index (Phi) is 7.63. The van der Waals surface area contributed by atoms with Crippen LogP contribution >= 0.6 is 0 Å². The van der Waals surface area contributed by atoms with Crippen LogP contribution in [0.3, 0.4) is 0 Å². The average molecular weight is 462 g/mol. The molecule has 0 spiro atoms. The summed E-state index contributed by atoms with van der Waals surface area (Å²) in [6.07, 6.45) is 1.96. The molecule has 0 bridgehead atoms. The number of hydrogen-bond acceptors (Lipinski definition) is 5. The molecule has 7 nitrogen and oxygen atoms in total. The highest BCUT2D eigenvalue weighted by atomic mass is 16.5. The minimum Gasteiger partial charge on any atom is -0.497 e. The van der Waals surface area contributed by atoms with Crippen molar-refractivity contribution in [2.45, 2.75) is 52.7 Å². The van der Waals surface area contributed by atoms with E-state index in [0.29, 0.717) is 17.2 Å². The second-order valence-electron chi connectivity index (χ2n) is 9.49. The van der Waals surface area contributed by atoms with E-state index in [0.717, 1.165) is 50.7 Å². The van der Waals surface area contributed by atoms with Gasteiger partial charge < -0.3 is 14.6 Å². The zero-order chi connectivity index (χ0) is 24.1. The molecule has 0 fully saturated rings. The molecule has 1 N–H and O–H groups in total. The molecule has 2 aromatic carbocycles. The maximum atomic E-state index is 12.8. The first-order valence-corrected chi connectivity index (χ1v) is 12.1. The summed E-state index contributed by atoms with van der Waals surface area (Å²) in [6.45, 7) is 10.1. The second kappa shape index (κ2) is 10.8. The summed E-state index contributed by atoms with van der Waals surface area (Å²) >= 11 is 0. The summed E-state index contributed by atoms with van der Waals surface area (Å²) in [4.78, 5) is 15.2. The van der Waals surface area contributed by atoms with E-state index in [4.69, 9.17) is 4.74 Å². The zero-order valence-electron chi connectivity index (χ0n) is 20.6. The molecule has 7 heteroatoms. The van der Waals surface area contributed by atoms with Crippen molar-refractivity contribution < 1.29 is 9.53 Å². The van der Waals surface area contributed by atoms with Crippen molar-refractivity contribution in [3.05, 3.63) is 76.9 Å². The lowest BCUT2D eigenvalue weighted by Gasteiger charge is -2.20. The van der Waals surface area contributed by atoms with Crippen molar-refractivity contribution in [1.82, 2.24) is 25.0 Å². The minimum absolute atomic E-state index is 0.153. The Labute approximate surface area is 202 Å². The SMILES string of the molecule is COc1cccc(C(=O)NC(C)c2nnc3n2CCN(Cc2ccc(CC(C)C)cc2)CC3)c1. The van der Waals surface area contributed by atoms with Crippen LogP contribution in [-0.2, 0) is 25.9 Å². The van der Waals surface area contributed by atoms with Gasteiger partial charge in [0.25, 0.3) is 5.91 Å². The van der Waals surface area contributed by atoms with Gasteiger partial charge in [0.15, 0.2) is 5.82 Å². The molecule has 1 atom stereocenters. The molecule has 1 aliphatic heterocycles. The number of fused-ring (bicyclic) bond motifs is 1. The number of amides is 1.